The molecule has 142 valence electrons. The van der Waals surface area contributed by atoms with Gasteiger partial charge >= 0.3 is 0 Å². The summed E-state index contributed by atoms with van der Waals surface area (Å²) in [5.74, 6) is 1.92. The van der Waals surface area contributed by atoms with Crippen LogP contribution in [0.25, 0.3) is 5.69 Å². The zero-order valence-electron chi connectivity index (χ0n) is 15.3. The third-order valence-electron chi connectivity index (χ3n) is 4.70. The lowest BCUT2D eigenvalue weighted by molar-refractivity contribution is 0.224. The number of hydrogen-bond donors (Lipinski definition) is 0. The third kappa shape index (κ3) is 5.62. The van der Waals surface area contributed by atoms with Crippen LogP contribution in [0.3, 0.4) is 0 Å². The first-order chi connectivity index (χ1) is 12.6. The Morgan fingerprint density at radius 3 is 2.62 bits per heavy atom. The number of halogens is 2. The van der Waals surface area contributed by atoms with E-state index in [2.05, 4.69) is 15.0 Å². The van der Waals surface area contributed by atoms with Gasteiger partial charge in [0.15, 0.2) is 0 Å². The molecule has 26 heavy (non-hydrogen) atoms. The molecule has 0 atom stereocenters. The third-order valence-corrected chi connectivity index (χ3v) is 6.36. The van der Waals surface area contributed by atoms with E-state index >= 15 is 0 Å². The summed E-state index contributed by atoms with van der Waals surface area (Å²) in [5, 5.41) is 6.50. The van der Waals surface area contributed by atoms with Crippen molar-refractivity contribution >= 4 is 35.0 Å². The molecule has 1 aliphatic heterocycles. The molecule has 7 heteroatoms. The standard InChI is InChI=1S/C19H26Cl2N4S/c1-15-22-19(23-25(15)16-8-9-17(20)18(21)14-16)26-13-7-3-6-12-24-10-4-2-5-11-24/h8-9,14H,2-7,10-13H2,1H3. The number of benzene rings is 1. The largest absolute Gasteiger partial charge is 0.303 e. The molecule has 0 saturated carbocycles. The second-order valence-electron chi connectivity index (χ2n) is 6.76. The van der Waals surface area contributed by atoms with Crippen LogP contribution in [0.15, 0.2) is 23.4 Å². The van der Waals surface area contributed by atoms with Crippen molar-refractivity contribution in [3.8, 4) is 5.69 Å². The smallest absolute Gasteiger partial charge is 0.209 e. The van der Waals surface area contributed by atoms with Crippen molar-refractivity contribution in [2.45, 2.75) is 50.6 Å². The van der Waals surface area contributed by atoms with Crippen molar-refractivity contribution in [3.05, 3.63) is 34.1 Å². The van der Waals surface area contributed by atoms with Gasteiger partial charge in [0.25, 0.3) is 0 Å². The van der Waals surface area contributed by atoms with Gasteiger partial charge in [-0.05, 0) is 70.4 Å². The van der Waals surface area contributed by atoms with Gasteiger partial charge in [0.2, 0.25) is 5.16 Å². The van der Waals surface area contributed by atoms with Crippen molar-refractivity contribution in [2.75, 3.05) is 25.4 Å². The lowest BCUT2D eigenvalue weighted by atomic mass is 10.1. The topological polar surface area (TPSA) is 34.0 Å². The quantitative estimate of drug-likeness (QED) is 0.415. The van der Waals surface area contributed by atoms with Crippen LogP contribution in [0.4, 0.5) is 0 Å². The molecule has 1 fully saturated rings. The Labute approximate surface area is 170 Å². The number of thioether (sulfide) groups is 1. The van der Waals surface area contributed by atoms with E-state index in [1.807, 2.05) is 23.7 Å². The van der Waals surface area contributed by atoms with Crippen LogP contribution in [0.5, 0.6) is 0 Å². The highest BCUT2D eigenvalue weighted by Crippen LogP contribution is 2.25. The number of rotatable bonds is 8. The van der Waals surface area contributed by atoms with Crippen LogP contribution in [0.1, 0.15) is 44.3 Å². The van der Waals surface area contributed by atoms with E-state index in [0.717, 1.165) is 22.4 Å². The Balaban J connectivity index is 1.42. The number of piperidine rings is 1. The Morgan fingerprint density at radius 1 is 1.04 bits per heavy atom. The molecule has 0 bridgehead atoms. The maximum Gasteiger partial charge on any atom is 0.209 e. The fourth-order valence-electron chi connectivity index (χ4n) is 3.25. The van der Waals surface area contributed by atoms with E-state index in [0.29, 0.717) is 10.0 Å². The molecule has 2 aromatic rings. The van der Waals surface area contributed by atoms with Gasteiger partial charge in [-0.3, -0.25) is 0 Å². The molecule has 0 N–H and O–H groups in total. The molecule has 0 amide bonds. The molecular formula is C19H26Cl2N4S. The summed E-state index contributed by atoms with van der Waals surface area (Å²) in [4.78, 5) is 7.17. The number of nitrogens with zero attached hydrogens (tertiary/aromatic N) is 4. The minimum absolute atomic E-state index is 0.530. The van der Waals surface area contributed by atoms with Crippen molar-refractivity contribution in [3.63, 3.8) is 0 Å². The van der Waals surface area contributed by atoms with Gasteiger partial charge in [0.1, 0.15) is 5.82 Å². The number of aryl methyl sites for hydroxylation is 1. The van der Waals surface area contributed by atoms with Crippen molar-refractivity contribution in [1.29, 1.82) is 0 Å². The number of hydrogen-bond acceptors (Lipinski definition) is 4. The van der Waals surface area contributed by atoms with E-state index < -0.39 is 0 Å². The summed E-state index contributed by atoms with van der Waals surface area (Å²) in [6.07, 6.45) is 7.94. The van der Waals surface area contributed by atoms with Crippen LogP contribution < -0.4 is 0 Å². The minimum atomic E-state index is 0.530. The molecule has 2 heterocycles. The molecule has 1 aliphatic rings. The van der Waals surface area contributed by atoms with Gasteiger partial charge < -0.3 is 4.90 Å². The molecule has 0 aliphatic carbocycles. The SMILES string of the molecule is Cc1nc(SCCCCCN2CCCCC2)nn1-c1ccc(Cl)c(Cl)c1. The summed E-state index contributed by atoms with van der Waals surface area (Å²) in [5.41, 5.74) is 0.887. The van der Waals surface area contributed by atoms with Crippen LogP contribution in [-0.2, 0) is 0 Å². The molecule has 3 rings (SSSR count). The highest BCUT2D eigenvalue weighted by atomic mass is 35.5. The number of unbranched alkanes of at least 4 members (excludes halogenated alkanes) is 2. The van der Waals surface area contributed by atoms with Gasteiger partial charge in [-0.15, -0.1) is 5.10 Å². The zero-order chi connectivity index (χ0) is 18.4. The van der Waals surface area contributed by atoms with Crippen molar-refractivity contribution in [1.82, 2.24) is 19.7 Å². The maximum atomic E-state index is 6.11. The zero-order valence-corrected chi connectivity index (χ0v) is 17.6. The number of aromatic nitrogens is 3. The molecule has 1 aromatic carbocycles. The highest BCUT2D eigenvalue weighted by molar-refractivity contribution is 7.99. The Morgan fingerprint density at radius 2 is 1.85 bits per heavy atom. The predicted octanol–water partition coefficient (Wildman–Crippen LogP) is 5.63. The summed E-state index contributed by atoms with van der Waals surface area (Å²) in [6, 6.07) is 5.51. The van der Waals surface area contributed by atoms with E-state index in [4.69, 9.17) is 23.2 Å². The average molecular weight is 413 g/mol. The summed E-state index contributed by atoms with van der Waals surface area (Å²) < 4.78 is 1.82. The van der Waals surface area contributed by atoms with Crippen molar-refractivity contribution < 1.29 is 0 Å². The van der Waals surface area contributed by atoms with Crippen LogP contribution in [0, 0.1) is 6.92 Å². The first kappa shape index (κ1) is 20.0. The molecule has 0 radical (unpaired) electrons. The Hall–Kier alpha value is -0.750. The summed E-state index contributed by atoms with van der Waals surface area (Å²) in [7, 11) is 0. The maximum absolute atomic E-state index is 6.11. The fourth-order valence-corrected chi connectivity index (χ4v) is 4.41. The van der Waals surface area contributed by atoms with E-state index in [-0.39, 0.29) is 0 Å². The molecule has 0 spiro atoms. The first-order valence-electron chi connectivity index (χ1n) is 9.38. The molecular weight excluding hydrogens is 387 g/mol. The van der Waals surface area contributed by atoms with Gasteiger partial charge in [-0.1, -0.05) is 47.8 Å². The van der Waals surface area contributed by atoms with Crippen molar-refractivity contribution in [2.24, 2.45) is 0 Å². The molecule has 4 nitrogen and oxygen atoms in total. The summed E-state index contributed by atoms with van der Waals surface area (Å²) >= 11 is 13.8. The molecule has 1 saturated heterocycles. The molecule has 0 unspecified atom stereocenters. The van der Waals surface area contributed by atoms with Crippen LogP contribution >= 0.6 is 35.0 Å². The fraction of sp³-hybridized carbons (Fsp3) is 0.579. The highest BCUT2D eigenvalue weighted by Gasteiger charge is 2.11. The second-order valence-corrected chi connectivity index (χ2v) is 8.64. The lowest BCUT2D eigenvalue weighted by Crippen LogP contribution is -2.30. The van der Waals surface area contributed by atoms with Gasteiger partial charge in [-0.25, -0.2) is 9.67 Å². The number of likely N-dealkylation sites (tertiary alicyclic amines) is 1. The van der Waals surface area contributed by atoms with Gasteiger partial charge in [0, 0.05) is 5.75 Å². The monoisotopic (exact) mass is 412 g/mol. The van der Waals surface area contributed by atoms with Crippen LogP contribution in [0.2, 0.25) is 10.0 Å². The lowest BCUT2D eigenvalue weighted by Gasteiger charge is -2.26. The van der Waals surface area contributed by atoms with E-state index in [1.54, 1.807) is 17.8 Å². The van der Waals surface area contributed by atoms with E-state index in [9.17, 15) is 0 Å². The van der Waals surface area contributed by atoms with Gasteiger partial charge in [-0.2, -0.15) is 0 Å². The second kappa shape index (κ2) is 9.98. The Kier molecular flexibility index (Phi) is 7.67. The van der Waals surface area contributed by atoms with Crippen LogP contribution in [-0.4, -0.2) is 45.1 Å². The average Bonchev–Trinajstić information content (AvgIpc) is 3.02. The predicted molar refractivity (Wildman–Crippen MR) is 111 cm³/mol. The Bertz CT molecular complexity index is 714. The normalized spacial score (nSPS) is 15.5. The molecule has 1 aromatic heterocycles. The van der Waals surface area contributed by atoms with E-state index in [1.165, 1.54) is 58.2 Å². The summed E-state index contributed by atoms with van der Waals surface area (Å²) in [6.45, 7) is 5.81. The first-order valence-corrected chi connectivity index (χ1v) is 11.1. The minimum Gasteiger partial charge on any atom is -0.303 e. The van der Waals surface area contributed by atoms with Gasteiger partial charge in [0.05, 0.1) is 15.7 Å².